The fraction of sp³-hybridized carbons (Fsp3) is 0.667. The van der Waals surface area contributed by atoms with Crippen LogP contribution in [0.2, 0.25) is 0 Å². The van der Waals surface area contributed by atoms with E-state index in [2.05, 4.69) is 60.3 Å². The fourth-order valence-corrected chi connectivity index (χ4v) is 2.99. The minimum absolute atomic E-state index is 0.431. The number of rotatable bonds is 6. The average molecular weight is 307 g/mol. The minimum Gasteiger partial charge on any atom is -0.345 e. The van der Waals surface area contributed by atoms with Gasteiger partial charge in [-0.15, -0.1) is 0 Å². The van der Waals surface area contributed by atoms with Crippen molar-refractivity contribution in [3.05, 3.63) is 23.3 Å². The van der Waals surface area contributed by atoms with Gasteiger partial charge in [-0.2, -0.15) is 9.47 Å². The maximum atomic E-state index is 4.63. The second-order valence-corrected chi connectivity index (χ2v) is 7.05. The van der Waals surface area contributed by atoms with Gasteiger partial charge in [-0.05, 0) is 11.8 Å². The van der Waals surface area contributed by atoms with Crippen LogP contribution >= 0.6 is 11.5 Å². The van der Waals surface area contributed by atoms with E-state index in [1.807, 2.05) is 11.7 Å². The van der Waals surface area contributed by atoms with E-state index >= 15 is 0 Å². The summed E-state index contributed by atoms with van der Waals surface area (Å²) in [4.78, 5) is 6.79. The summed E-state index contributed by atoms with van der Waals surface area (Å²) in [6.45, 7) is 9.55. The van der Waals surface area contributed by atoms with Crippen LogP contribution in [0.5, 0.6) is 0 Å². The van der Waals surface area contributed by atoms with Gasteiger partial charge in [0.2, 0.25) is 5.13 Å². The van der Waals surface area contributed by atoms with Gasteiger partial charge in [-0.25, -0.2) is 4.98 Å². The quantitative estimate of drug-likeness (QED) is 0.822. The lowest BCUT2D eigenvalue weighted by Crippen LogP contribution is -2.17. The Morgan fingerprint density at radius 3 is 2.62 bits per heavy atom. The molecular weight excluding hydrogens is 282 g/mol. The van der Waals surface area contributed by atoms with Crippen LogP contribution in [0.15, 0.2) is 6.20 Å². The van der Waals surface area contributed by atoms with Crippen LogP contribution in [0, 0.1) is 5.92 Å². The molecule has 0 fully saturated rings. The first kappa shape index (κ1) is 15.9. The number of hydrogen-bond donors (Lipinski definition) is 0. The number of aryl methyl sites for hydroxylation is 1. The zero-order valence-corrected chi connectivity index (χ0v) is 14.6. The zero-order valence-electron chi connectivity index (χ0n) is 13.8. The van der Waals surface area contributed by atoms with Crippen molar-refractivity contribution in [2.24, 2.45) is 13.0 Å². The molecule has 2 rings (SSSR count). The molecule has 0 N–H and O–H groups in total. The maximum absolute atomic E-state index is 4.63. The fourth-order valence-electron chi connectivity index (χ4n) is 2.33. The molecule has 0 spiro atoms. The van der Waals surface area contributed by atoms with Gasteiger partial charge in [0.25, 0.3) is 0 Å². The van der Waals surface area contributed by atoms with Gasteiger partial charge in [0.1, 0.15) is 5.82 Å². The van der Waals surface area contributed by atoms with E-state index in [-0.39, 0.29) is 0 Å². The van der Waals surface area contributed by atoms with Gasteiger partial charge in [0.15, 0.2) is 0 Å². The smallest absolute Gasteiger partial charge is 0.205 e. The summed E-state index contributed by atoms with van der Waals surface area (Å²) in [6, 6.07) is 0. The largest absolute Gasteiger partial charge is 0.345 e. The number of aromatic nitrogens is 4. The molecule has 0 saturated heterocycles. The molecule has 2 aromatic rings. The molecule has 21 heavy (non-hydrogen) atoms. The highest BCUT2D eigenvalue weighted by atomic mass is 32.1. The van der Waals surface area contributed by atoms with E-state index < -0.39 is 0 Å². The molecule has 0 saturated carbocycles. The molecule has 2 aromatic heterocycles. The van der Waals surface area contributed by atoms with Gasteiger partial charge in [0.05, 0.1) is 5.69 Å². The molecule has 0 atom stereocenters. The third kappa shape index (κ3) is 4.03. The molecule has 0 bridgehead atoms. The third-order valence-corrected chi connectivity index (χ3v) is 4.13. The van der Waals surface area contributed by atoms with Crippen LogP contribution in [-0.4, -0.2) is 26.2 Å². The van der Waals surface area contributed by atoms with Crippen LogP contribution in [0.3, 0.4) is 0 Å². The molecule has 0 aliphatic carbocycles. The monoisotopic (exact) mass is 307 g/mol. The van der Waals surface area contributed by atoms with E-state index in [1.54, 1.807) is 0 Å². The number of anilines is 1. The predicted molar refractivity (Wildman–Crippen MR) is 87.9 cm³/mol. The topological polar surface area (TPSA) is 46.8 Å². The highest BCUT2D eigenvalue weighted by Crippen LogP contribution is 2.23. The van der Waals surface area contributed by atoms with Crippen LogP contribution in [0.1, 0.15) is 50.7 Å². The molecule has 0 unspecified atom stereocenters. The molecule has 116 valence electrons. The Bertz CT molecular complexity index is 585. The van der Waals surface area contributed by atoms with Crippen LogP contribution in [-0.2, 0) is 20.0 Å². The molecule has 6 heteroatoms. The van der Waals surface area contributed by atoms with E-state index in [0.29, 0.717) is 11.8 Å². The molecule has 5 nitrogen and oxygen atoms in total. The lowest BCUT2D eigenvalue weighted by Gasteiger charge is -2.15. The summed E-state index contributed by atoms with van der Waals surface area (Å²) in [7, 11) is 4.04. The van der Waals surface area contributed by atoms with Gasteiger partial charge in [0, 0.05) is 50.4 Å². The predicted octanol–water partition coefficient (Wildman–Crippen LogP) is 3.23. The van der Waals surface area contributed by atoms with Crippen molar-refractivity contribution in [1.82, 2.24) is 19.1 Å². The SMILES string of the molecule is CC(C)Cc1nsc(N(C)Cc2cn(C)nc2C(C)C)n1. The van der Waals surface area contributed by atoms with Crippen molar-refractivity contribution in [1.29, 1.82) is 0 Å². The Labute approximate surface area is 131 Å². The average Bonchev–Trinajstić information content (AvgIpc) is 2.95. The molecule has 0 aromatic carbocycles. The van der Waals surface area contributed by atoms with E-state index in [1.165, 1.54) is 17.1 Å². The van der Waals surface area contributed by atoms with Crippen molar-refractivity contribution >= 4 is 16.7 Å². The lowest BCUT2D eigenvalue weighted by molar-refractivity contribution is 0.626. The van der Waals surface area contributed by atoms with Gasteiger partial charge >= 0.3 is 0 Å². The Hall–Kier alpha value is -1.43. The second kappa shape index (κ2) is 6.56. The first-order chi connectivity index (χ1) is 9.86. The molecule has 0 aliphatic heterocycles. The Morgan fingerprint density at radius 2 is 2.00 bits per heavy atom. The first-order valence-corrected chi connectivity index (χ1v) is 8.20. The van der Waals surface area contributed by atoms with Gasteiger partial charge in [-0.3, -0.25) is 4.68 Å². The highest BCUT2D eigenvalue weighted by molar-refractivity contribution is 7.09. The van der Waals surface area contributed by atoms with E-state index in [9.17, 15) is 0 Å². The summed E-state index contributed by atoms with van der Waals surface area (Å²) in [5.41, 5.74) is 2.42. The summed E-state index contributed by atoms with van der Waals surface area (Å²) >= 11 is 1.48. The standard InChI is InChI=1S/C15H25N5S/c1-10(2)7-13-16-15(21-18-13)19(5)8-12-9-20(6)17-14(12)11(3)4/h9-11H,7-8H2,1-6H3. The Kier molecular flexibility index (Phi) is 4.98. The third-order valence-electron chi connectivity index (χ3n) is 3.27. The first-order valence-electron chi connectivity index (χ1n) is 7.43. The molecule has 0 aliphatic rings. The van der Waals surface area contributed by atoms with Crippen molar-refractivity contribution in [2.75, 3.05) is 11.9 Å². The summed E-state index contributed by atoms with van der Waals surface area (Å²) in [5.74, 6) is 1.97. The Balaban J connectivity index is 2.10. The highest BCUT2D eigenvalue weighted by Gasteiger charge is 2.16. The van der Waals surface area contributed by atoms with E-state index in [4.69, 9.17) is 0 Å². The zero-order chi connectivity index (χ0) is 15.6. The molecule has 2 heterocycles. The van der Waals surface area contributed by atoms with Crippen molar-refractivity contribution in [3.8, 4) is 0 Å². The van der Waals surface area contributed by atoms with Crippen LogP contribution < -0.4 is 4.90 Å². The summed E-state index contributed by atoms with van der Waals surface area (Å²) in [6.07, 6.45) is 3.04. The summed E-state index contributed by atoms with van der Waals surface area (Å²) in [5, 5.41) is 5.53. The Morgan fingerprint density at radius 1 is 1.29 bits per heavy atom. The van der Waals surface area contributed by atoms with Crippen molar-refractivity contribution in [3.63, 3.8) is 0 Å². The number of hydrogen-bond acceptors (Lipinski definition) is 5. The van der Waals surface area contributed by atoms with Crippen LogP contribution in [0.4, 0.5) is 5.13 Å². The number of nitrogens with zero attached hydrogens (tertiary/aromatic N) is 5. The maximum Gasteiger partial charge on any atom is 0.205 e. The van der Waals surface area contributed by atoms with Crippen molar-refractivity contribution < 1.29 is 0 Å². The van der Waals surface area contributed by atoms with E-state index in [0.717, 1.165) is 29.6 Å². The molecular formula is C15H25N5S. The van der Waals surface area contributed by atoms with Gasteiger partial charge in [-0.1, -0.05) is 27.7 Å². The molecule has 0 radical (unpaired) electrons. The minimum atomic E-state index is 0.431. The van der Waals surface area contributed by atoms with Crippen LogP contribution in [0.25, 0.3) is 0 Å². The lowest BCUT2D eigenvalue weighted by atomic mass is 10.1. The molecule has 0 amide bonds. The summed E-state index contributed by atoms with van der Waals surface area (Å²) < 4.78 is 6.34. The van der Waals surface area contributed by atoms with Gasteiger partial charge < -0.3 is 4.90 Å². The van der Waals surface area contributed by atoms with Crippen molar-refractivity contribution in [2.45, 2.75) is 46.6 Å². The normalized spacial score (nSPS) is 11.6. The second-order valence-electron chi connectivity index (χ2n) is 6.32.